The van der Waals surface area contributed by atoms with Gasteiger partial charge in [-0.1, -0.05) is 77.1 Å². The van der Waals surface area contributed by atoms with Gasteiger partial charge in [-0.2, -0.15) is 0 Å². The molecule has 0 saturated carbocycles. The lowest BCUT2D eigenvalue weighted by Crippen LogP contribution is -2.51. The summed E-state index contributed by atoms with van der Waals surface area (Å²) in [6.45, 7) is 12.8. The third-order valence-corrected chi connectivity index (χ3v) is 12.5. The van der Waals surface area contributed by atoms with Gasteiger partial charge < -0.3 is 34.6 Å². The molecule has 12 heteroatoms. The molecule has 12 nitrogen and oxygen atoms in total. The molecule has 5 heterocycles. The highest BCUT2D eigenvalue weighted by molar-refractivity contribution is 6.05. The largest absolute Gasteiger partial charge is 0.453 e. The number of benzene rings is 3. The number of hydrogen-bond acceptors (Lipinski definition) is 7. The summed E-state index contributed by atoms with van der Waals surface area (Å²) in [6.07, 6.45) is 4.75. The number of alkyl carbamates (subject to hydrolysis) is 1. The number of carbonyl (C=O) groups is 3. The minimum atomic E-state index is -0.684. The molecule has 5 atom stereocenters. The number of nitrogens with zero attached hydrogens (tertiary/aromatic N) is 4. The lowest BCUT2D eigenvalue weighted by atomic mass is 9.85. The van der Waals surface area contributed by atoms with Crippen LogP contribution in [0.2, 0.25) is 0 Å². The third-order valence-electron chi connectivity index (χ3n) is 12.5. The molecule has 0 radical (unpaired) electrons. The van der Waals surface area contributed by atoms with Crippen molar-refractivity contribution in [3.05, 3.63) is 72.4 Å². The second-order valence-corrected chi connectivity index (χ2v) is 16.8. The minimum absolute atomic E-state index is 0.00250. The maximum Gasteiger partial charge on any atom is 0.407 e. The number of ether oxygens (including phenoxy) is 2. The van der Waals surface area contributed by atoms with Crippen LogP contribution >= 0.6 is 0 Å². The Morgan fingerprint density at radius 2 is 1.66 bits per heavy atom. The molecule has 0 unspecified atom stereocenters. The van der Waals surface area contributed by atoms with Crippen molar-refractivity contribution in [3.63, 3.8) is 0 Å². The molecule has 3 aromatic carbocycles. The first-order valence-corrected chi connectivity index (χ1v) is 20.1. The Balaban J connectivity index is 1.00. The summed E-state index contributed by atoms with van der Waals surface area (Å²) in [7, 11) is 1.30. The third kappa shape index (κ3) is 6.93. The molecule has 2 aromatic heterocycles. The SMILES string of the molecule is COC(=O)N[C@H](C(=O)N1CCC[C@H]1c1nc2ccc3cc(-c4ccc(-c5cnc([C@@H]6C[C@]7(CCOC7)CN6C(=O)[C@@H](C)C(C)C)[nH]5)cc4)ccc3c2[nH]1)C(C)C. The zero-order valence-electron chi connectivity index (χ0n) is 33.2. The molecule has 1 spiro atoms. The van der Waals surface area contributed by atoms with Crippen LogP contribution in [0.3, 0.4) is 0 Å². The van der Waals surface area contributed by atoms with Gasteiger partial charge in [-0.05, 0) is 71.7 Å². The second-order valence-electron chi connectivity index (χ2n) is 16.8. The Bertz CT molecular complexity index is 2250. The van der Waals surface area contributed by atoms with Crippen LogP contribution in [0.15, 0.2) is 60.8 Å². The highest BCUT2D eigenvalue weighted by Crippen LogP contribution is 2.48. The highest BCUT2D eigenvalue weighted by atomic mass is 16.5. The van der Waals surface area contributed by atoms with E-state index < -0.39 is 12.1 Å². The van der Waals surface area contributed by atoms with Gasteiger partial charge in [0.1, 0.15) is 17.7 Å². The normalized spacial score (nSPS) is 22.2. The van der Waals surface area contributed by atoms with Crippen molar-refractivity contribution < 1.29 is 23.9 Å². The molecule has 5 aromatic rings. The van der Waals surface area contributed by atoms with E-state index in [4.69, 9.17) is 19.4 Å². The number of H-pyrrole nitrogens is 2. The number of rotatable bonds is 9. The van der Waals surface area contributed by atoms with Gasteiger partial charge in [0.05, 0.1) is 48.7 Å². The van der Waals surface area contributed by atoms with Gasteiger partial charge in [-0.3, -0.25) is 9.59 Å². The van der Waals surface area contributed by atoms with Gasteiger partial charge >= 0.3 is 6.09 Å². The zero-order chi connectivity index (χ0) is 39.3. The molecule has 3 N–H and O–H groups in total. The minimum Gasteiger partial charge on any atom is -0.453 e. The fourth-order valence-electron chi connectivity index (χ4n) is 8.87. The zero-order valence-corrected chi connectivity index (χ0v) is 33.2. The summed E-state index contributed by atoms with van der Waals surface area (Å²) < 4.78 is 10.6. The van der Waals surface area contributed by atoms with Crippen LogP contribution in [-0.2, 0) is 19.1 Å². The molecule has 3 amide bonds. The van der Waals surface area contributed by atoms with E-state index in [-0.39, 0.29) is 47.1 Å². The van der Waals surface area contributed by atoms with Gasteiger partial charge in [-0.15, -0.1) is 0 Å². The van der Waals surface area contributed by atoms with E-state index in [9.17, 15) is 14.4 Å². The molecular formula is C44H53N7O5. The Morgan fingerprint density at radius 1 is 0.893 bits per heavy atom. The molecule has 8 rings (SSSR count). The van der Waals surface area contributed by atoms with Crippen LogP contribution in [0.1, 0.15) is 84.0 Å². The van der Waals surface area contributed by atoms with E-state index in [1.165, 1.54) is 7.11 Å². The van der Waals surface area contributed by atoms with E-state index in [1.807, 2.05) is 37.9 Å². The van der Waals surface area contributed by atoms with Crippen molar-refractivity contribution in [2.24, 2.45) is 23.2 Å². The summed E-state index contributed by atoms with van der Waals surface area (Å²) >= 11 is 0. The van der Waals surface area contributed by atoms with Gasteiger partial charge in [0.2, 0.25) is 11.8 Å². The summed E-state index contributed by atoms with van der Waals surface area (Å²) in [5.41, 5.74) is 5.94. The first-order valence-electron chi connectivity index (χ1n) is 20.1. The molecule has 3 aliphatic heterocycles. The molecular weight excluding hydrogens is 707 g/mol. The summed E-state index contributed by atoms with van der Waals surface area (Å²) in [5.74, 6) is 1.76. The number of amides is 3. The van der Waals surface area contributed by atoms with Gasteiger partial charge in [0.25, 0.3) is 0 Å². The lowest BCUT2D eigenvalue weighted by Gasteiger charge is -2.29. The van der Waals surface area contributed by atoms with Gasteiger partial charge in [0, 0.05) is 36.4 Å². The van der Waals surface area contributed by atoms with E-state index in [0.717, 1.165) is 88.1 Å². The Morgan fingerprint density at radius 3 is 2.38 bits per heavy atom. The number of carbonyl (C=O) groups excluding carboxylic acids is 3. The fourth-order valence-corrected chi connectivity index (χ4v) is 8.87. The number of likely N-dealkylation sites (tertiary alicyclic amines) is 2. The predicted octanol–water partition coefficient (Wildman–Crippen LogP) is 7.79. The summed E-state index contributed by atoms with van der Waals surface area (Å²) in [4.78, 5) is 60.2. The quantitative estimate of drug-likeness (QED) is 0.139. The van der Waals surface area contributed by atoms with Crippen LogP contribution in [0.5, 0.6) is 0 Å². The first kappa shape index (κ1) is 37.7. The number of hydrogen-bond donors (Lipinski definition) is 3. The lowest BCUT2D eigenvalue weighted by molar-refractivity contribution is -0.138. The number of aromatic nitrogens is 4. The average Bonchev–Trinajstić information content (AvgIpc) is 4.06. The Kier molecular flexibility index (Phi) is 10.1. The smallest absolute Gasteiger partial charge is 0.407 e. The maximum atomic E-state index is 13.7. The molecule has 3 fully saturated rings. The molecule has 56 heavy (non-hydrogen) atoms. The van der Waals surface area contributed by atoms with Crippen LogP contribution in [0.25, 0.3) is 44.2 Å². The number of nitrogens with one attached hydrogen (secondary N) is 3. The number of aromatic amines is 2. The van der Waals surface area contributed by atoms with E-state index in [1.54, 1.807) is 0 Å². The number of imidazole rings is 2. The van der Waals surface area contributed by atoms with Crippen molar-refractivity contribution in [2.45, 2.75) is 78.4 Å². The topological polar surface area (TPSA) is 146 Å². The van der Waals surface area contributed by atoms with Gasteiger partial charge in [0.15, 0.2) is 0 Å². The van der Waals surface area contributed by atoms with E-state index in [0.29, 0.717) is 19.7 Å². The Labute approximate surface area is 327 Å². The monoisotopic (exact) mass is 759 g/mol. The summed E-state index contributed by atoms with van der Waals surface area (Å²) in [5, 5.41) is 4.87. The Hall–Kier alpha value is -5.23. The number of fused-ring (bicyclic) bond motifs is 3. The van der Waals surface area contributed by atoms with Crippen molar-refractivity contribution in [3.8, 4) is 22.4 Å². The van der Waals surface area contributed by atoms with Crippen molar-refractivity contribution >= 4 is 39.7 Å². The first-order chi connectivity index (χ1) is 26.9. The van der Waals surface area contributed by atoms with Crippen LogP contribution in [-0.4, -0.2) is 87.1 Å². The van der Waals surface area contributed by atoms with Crippen molar-refractivity contribution in [1.29, 1.82) is 0 Å². The van der Waals surface area contributed by atoms with Crippen LogP contribution in [0, 0.1) is 23.2 Å². The maximum absolute atomic E-state index is 13.7. The molecule has 294 valence electrons. The predicted molar refractivity (Wildman–Crippen MR) is 215 cm³/mol. The second kappa shape index (κ2) is 15.0. The molecule has 3 aliphatic rings. The molecule has 0 bridgehead atoms. The van der Waals surface area contributed by atoms with Crippen molar-refractivity contribution in [1.82, 2.24) is 35.1 Å². The summed E-state index contributed by atoms with van der Waals surface area (Å²) in [6, 6.07) is 18.1. The van der Waals surface area contributed by atoms with Crippen molar-refractivity contribution in [2.75, 3.05) is 33.4 Å². The van der Waals surface area contributed by atoms with Gasteiger partial charge in [-0.25, -0.2) is 14.8 Å². The molecule has 0 aliphatic carbocycles. The van der Waals surface area contributed by atoms with E-state index in [2.05, 4.69) is 82.6 Å². The molecule has 3 saturated heterocycles. The van der Waals surface area contributed by atoms with Crippen LogP contribution < -0.4 is 5.32 Å². The highest BCUT2D eigenvalue weighted by Gasteiger charge is 2.50. The fraction of sp³-hybridized carbons (Fsp3) is 0.477. The number of methoxy groups -OCH3 is 1. The standard InChI is InChI=1S/C44H53N7O5/c1-25(2)27(5)41(52)51-23-44(17-19-56-24-44)21-36(51)39-45-22-34(47-39)29-11-9-28(10-12-29)30-13-15-32-31(20-30)14-16-33-38(32)48-40(46-33)35-8-7-18-50(35)42(53)37(26(3)4)49-43(54)55-6/h9-16,20,22,25-27,35-37H,7-8,17-19,21,23-24H2,1-6H3,(H,45,47)(H,46,48)(H,49,54)/t27-,35-,36-,37-,44+/m0/s1. The van der Waals surface area contributed by atoms with Crippen LogP contribution in [0.4, 0.5) is 4.79 Å². The average molecular weight is 760 g/mol. The van der Waals surface area contributed by atoms with E-state index >= 15 is 0 Å².